The minimum absolute atomic E-state index is 0.0653. The first-order chi connectivity index (χ1) is 8.97. The Balaban J connectivity index is 2.40. The minimum Gasteiger partial charge on any atom is -0.478 e. The maximum absolute atomic E-state index is 13.5. The average molecular weight is 284 g/mol. The largest absolute Gasteiger partial charge is 0.478 e. The predicted molar refractivity (Wildman–Crippen MR) is 63.8 cm³/mol. The molecule has 0 fully saturated rings. The number of carbonyl (C=O) groups is 1. The van der Waals surface area contributed by atoms with Crippen molar-refractivity contribution in [1.82, 2.24) is 0 Å². The molecule has 6 heteroatoms. The molecule has 0 bridgehead atoms. The van der Waals surface area contributed by atoms with Gasteiger partial charge in [0.05, 0.1) is 5.56 Å². The van der Waals surface area contributed by atoms with Crippen LogP contribution in [-0.2, 0) is 0 Å². The molecule has 0 aliphatic heterocycles. The maximum atomic E-state index is 13.5. The lowest BCUT2D eigenvalue weighted by atomic mass is 10.2. The van der Waals surface area contributed by atoms with Gasteiger partial charge in [0.1, 0.15) is 17.5 Å². The van der Waals surface area contributed by atoms with Gasteiger partial charge < -0.3 is 5.11 Å². The second kappa shape index (κ2) is 5.36. The third-order valence-electron chi connectivity index (χ3n) is 2.29. The van der Waals surface area contributed by atoms with Crippen molar-refractivity contribution in [2.45, 2.75) is 9.79 Å². The monoisotopic (exact) mass is 284 g/mol. The normalized spacial score (nSPS) is 10.5. The average Bonchev–Trinajstić information content (AvgIpc) is 2.34. The van der Waals surface area contributed by atoms with E-state index in [2.05, 4.69) is 0 Å². The number of rotatable bonds is 3. The Hall–Kier alpha value is -1.95. The van der Waals surface area contributed by atoms with E-state index in [9.17, 15) is 18.0 Å². The fraction of sp³-hybridized carbons (Fsp3) is 0. The van der Waals surface area contributed by atoms with E-state index in [0.717, 1.165) is 30.0 Å². The lowest BCUT2D eigenvalue weighted by Crippen LogP contribution is -1.99. The van der Waals surface area contributed by atoms with Crippen LogP contribution in [-0.4, -0.2) is 11.1 Å². The molecule has 0 atom stereocenters. The highest BCUT2D eigenvalue weighted by atomic mass is 32.2. The van der Waals surface area contributed by atoms with Crippen LogP contribution in [0.25, 0.3) is 0 Å². The van der Waals surface area contributed by atoms with Gasteiger partial charge in [0, 0.05) is 15.9 Å². The van der Waals surface area contributed by atoms with E-state index < -0.39 is 23.4 Å². The van der Waals surface area contributed by atoms with Gasteiger partial charge in [-0.3, -0.25) is 0 Å². The molecule has 2 aromatic carbocycles. The maximum Gasteiger partial charge on any atom is 0.336 e. The number of aromatic carboxylic acids is 1. The lowest BCUT2D eigenvalue weighted by Gasteiger charge is -2.07. The van der Waals surface area contributed by atoms with Crippen LogP contribution < -0.4 is 0 Å². The second-order valence-electron chi connectivity index (χ2n) is 3.62. The fourth-order valence-electron chi connectivity index (χ4n) is 1.43. The quantitative estimate of drug-likeness (QED) is 0.927. The Bertz CT molecular complexity index is 644. The molecule has 0 radical (unpaired) electrons. The molecule has 2 rings (SSSR count). The van der Waals surface area contributed by atoms with Crippen molar-refractivity contribution in [3.63, 3.8) is 0 Å². The summed E-state index contributed by atoms with van der Waals surface area (Å²) < 4.78 is 39.2. The summed E-state index contributed by atoms with van der Waals surface area (Å²) in [5.41, 5.74) is -0.270. The first kappa shape index (κ1) is 13.5. The molecule has 0 aliphatic carbocycles. The summed E-state index contributed by atoms with van der Waals surface area (Å²) in [6.07, 6.45) is 0. The van der Waals surface area contributed by atoms with Crippen LogP contribution in [0.3, 0.4) is 0 Å². The lowest BCUT2D eigenvalue weighted by molar-refractivity contribution is 0.0692. The molecule has 2 nitrogen and oxygen atoms in total. The molecule has 19 heavy (non-hydrogen) atoms. The van der Waals surface area contributed by atoms with Gasteiger partial charge in [-0.05, 0) is 30.3 Å². The van der Waals surface area contributed by atoms with Gasteiger partial charge in [-0.15, -0.1) is 0 Å². The van der Waals surface area contributed by atoms with Gasteiger partial charge in [0.25, 0.3) is 0 Å². The Morgan fingerprint density at radius 1 is 0.947 bits per heavy atom. The SMILES string of the molecule is O=C(O)c1cc(F)ccc1Sc1ccc(F)cc1F. The van der Waals surface area contributed by atoms with Crippen molar-refractivity contribution < 1.29 is 23.1 Å². The van der Waals surface area contributed by atoms with Crippen LogP contribution in [0, 0.1) is 17.5 Å². The van der Waals surface area contributed by atoms with E-state index in [0.29, 0.717) is 6.07 Å². The number of carboxylic acids is 1. The fourth-order valence-corrected chi connectivity index (χ4v) is 2.36. The molecular weight excluding hydrogens is 277 g/mol. The Morgan fingerprint density at radius 2 is 1.53 bits per heavy atom. The highest BCUT2D eigenvalue weighted by Crippen LogP contribution is 2.32. The second-order valence-corrected chi connectivity index (χ2v) is 4.71. The Kier molecular flexibility index (Phi) is 3.80. The topological polar surface area (TPSA) is 37.3 Å². The van der Waals surface area contributed by atoms with Gasteiger partial charge in [-0.1, -0.05) is 11.8 Å². The van der Waals surface area contributed by atoms with Gasteiger partial charge >= 0.3 is 5.97 Å². The van der Waals surface area contributed by atoms with Crippen molar-refractivity contribution in [3.8, 4) is 0 Å². The van der Waals surface area contributed by atoms with E-state index in [1.807, 2.05) is 0 Å². The third kappa shape index (κ3) is 3.08. The van der Waals surface area contributed by atoms with E-state index in [-0.39, 0.29) is 15.4 Å². The smallest absolute Gasteiger partial charge is 0.336 e. The molecule has 98 valence electrons. The van der Waals surface area contributed by atoms with E-state index in [1.165, 1.54) is 12.1 Å². The van der Waals surface area contributed by atoms with Gasteiger partial charge in [0.15, 0.2) is 0 Å². The molecule has 0 amide bonds. The number of hydrogen-bond acceptors (Lipinski definition) is 2. The van der Waals surface area contributed by atoms with Gasteiger partial charge in [-0.25, -0.2) is 18.0 Å². The summed E-state index contributed by atoms with van der Waals surface area (Å²) in [6, 6.07) is 6.14. The number of benzene rings is 2. The Morgan fingerprint density at radius 3 is 2.11 bits per heavy atom. The minimum atomic E-state index is -1.32. The summed E-state index contributed by atoms with van der Waals surface area (Å²) in [7, 11) is 0. The van der Waals surface area contributed by atoms with Crippen LogP contribution in [0.1, 0.15) is 10.4 Å². The van der Waals surface area contributed by atoms with Crippen molar-refractivity contribution in [1.29, 1.82) is 0 Å². The zero-order chi connectivity index (χ0) is 14.0. The van der Waals surface area contributed by atoms with Crippen LogP contribution in [0.4, 0.5) is 13.2 Å². The predicted octanol–water partition coefficient (Wildman–Crippen LogP) is 3.95. The van der Waals surface area contributed by atoms with Crippen molar-refractivity contribution in [2.24, 2.45) is 0 Å². The van der Waals surface area contributed by atoms with Crippen LogP contribution in [0.5, 0.6) is 0 Å². The summed E-state index contributed by atoms with van der Waals surface area (Å²) in [5, 5.41) is 8.95. The first-order valence-electron chi connectivity index (χ1n) is 5.13. The van der Waals surface area contributed by atoms with Crippen molar-refractivity contribution in [2.75, 3.05) is 0 Å². The molecule has 1 N–H and O–H groups in total. The molecule has 0 saturated carbocycles. The van der Waals surface area contributed by atoms with Crippen molar-refractivity contribution in [3.05, 3.63) is 59.4 Å². The summed E-state index contributed by atoms with van der Waals surface area (Å²) in [4.78, 5) is 11.2. The molecular formula is C13H7F3O2S. The molecule has 2 aromatic rings. The highest BCUT2D eigenvalue weighted by molar-refractivity contribution is 7.99. The highest BCUT2D eigenvalue weighted by Gasteiger charge is 2.14. The third-order valence-corrected chi connectivity index (χ3v) is 3.41. The van der Waals surface area contributed by atoms with E-state index >= 15 is 0 Å². The first-order valence-corrected chi connectivity index (χ1v) is 5.95. The van der Waals surface area contributed by atoms with Crippen LogP contribution >= 0.6 is 11.8 Å². The zero-order valence-corrected chi connectivity index (χ0v) is 10.2. The number of carboxylic acid groups (broad SMARTS) is 1. The van der Waals surface area contributed by atoms with Gasteiger partial charge in [-0.2, -0.15) is 0 Å². The van der Waals surface area contributed by atoms with E-state index in [1.54, 1.807) is 0 Å². The molecule has 0 heterocycles. The van der Waals surface area contributed by atoms with Crippen molar-refractivity contribution >= 4 is 17.7 Å². The number of halogens is 3. The molecule has 0 saturated heterocycles. The summed E-state index contributed by atoms with van der Waals surface area (Å²) in [5.74, 6) is -3.53. The molecule has 0 aromatic heterocycles. The number of hydrogen-bond donors (Lipinski definition) is 1. The zero-order valence-electron chi connectivity index (χ0n) is 9.36. The summed E-state index contributed by atoms with van der Waals surface area (Å²) in [6.45, 7) is 0. The standard InChI is InChI=1S/C13H7F3O2S/c14-7-1-3-11(9(5-7)13(17)18)19-12-4-2-8(15)6-10(12)16/h1-6H,(H,17,18). The Labute approximate surface area is 110 Å². The molecule has 0 unspecified atom stereocenters. The van der Waals surface area contributed by atoms with Crippen LogP contribution in [0.2, 0.25) is 0 Å². The van der Waals surface area contributed by atoms with Gasteiger partial charge in [0.2, 0.25) is 0 Å². The van der Waals surface area contributed by atoms with E-state index in [4.69, 9.17) is 5.11 Å². The molecule has 0 spiro atoms. The van der Waals surface area contributed by atoms with Crippen LogP contribution in [0.15, 0.2) is 46.2 Å². The molecule has 0 aliphatic rings. The summed E-state index contributed by atoms with van der Waals surface area (Å²) >= 11 is 0.797.